The summed E-state index contributed by atoms with van der Waals surface area (Å²) in [5.74, 6) is 0.363. The fraction of sp³-hybridized carbons (Fsp3) is 0.200. The van der Waals surface area contributed by atoms with Crippen LogP contribution in [0.3, 0.4) is 0 Å². The van der Waals surface area contributed by atoms with Crippen molar-refractivity contribution >= 4 is 16.9 Å². The third-order valence-electron chi connectivity index (χ3n) is 4.63. The topological polar surface area (TPSA) is 108 Å². The number of aromatic nitrogens is 6. The number of nitrogens with one attached hydrogen (secondary N) is 1. The van der Waals surface area contributed by atoms with Gasteiger partial charge in [-0.2, -0.15) is 5.10 Å². The Morgan fingerprint density at radius 3 is 2.86 bits per heavy atom. The smallest absolute Gasteiger partial charge is 0.272 e. The van der Waals surface area contributed by atoms with Gasteiger partial charge in [-0.05, 0) is 38.1 Å². The molecule has 9 heteroatoms. The first-order valence-electron chi connectivity index (χ1n) is 9.16. The summed E-state index contributed by atoms with van der Waals surface area (Å²) in [4.78, 5) is 37.5. The van der Waals surface area contributed by atoms with Gasteiger partial charge in [0.05, 0.1) is 11.0 Å². The van der Waals surface area contributed by atoms with Crippen molar-refractivity contribution in [1.29, 1.82) is 0 Å². The molecular weight excluding hydrogens is 370 g/mol. The summed E-state index contributed by atoms with van der Waals surface area (Å²) >= 11 is 0. The Morgan fingerprint density at radius 2 is 2.10 bits per heavy atom. The molecule has 0 radical (unpaired) electrons. The minimum atomic E-state index is -0.242. The van der Waals surface area contributed by atoms with Crippen LogP contribution in [-0.4, -0.2) is 35.2 Å². The predicted octanol–water partition coefficient (Wildman–Crippen LogP) is 1.63. The third-order valence-corrected chi connectivity index (χ3v) is 4.63. The highest BCUT2D eigenvalue weighted by molar-refractivity contribution is 5.97. The molecule has 146 valence electrons. The summed E-state index contributed by atoms with van der Waals surface area (Å²) in [7, 11) is 0. The molecule has 0 bridgehead atoms. The SMILES string of the molecule is CCn1c(=O)c(C)nc2cc(C(=O)NCc3cccnc3-n3cncn3)ccc21. The second-order valence-corrected chi connectivity index (χ2v) is 6.46. The number of amides is 1. The molecule has 0 aliphatic carbocycles. The molecule has 0 saturated carbocycles. The molecule has 0 unspecified atom stereocenters. The molecule has 0 aliphatic heterocycles. The number of aryl methyl sites for hydroxylation is 2. The maximum atomic E-state index is 12.7. The van der Waals surface area contributed by atoms with E-state index in [0.717, 1.165) is 5.56 Å². The minimum absolute atomic E-state index is 0.116. The molecule has 0 saturated heterocycles. The number of pyridine rings is 1. The Balaban J connectivity index is 1.59. The van der Waals surface area contributed by atoms with Gasteiger partial charge in [0.25, 0.3) is 11.5 Å². The Hall–Kier alpha value is -3.88. The van der Waals surface area contributed by atoms with Crippen LogP contribution in [0.25, 0.3) is 16.9 Å². The van der Waals surface area contributed by atoms with Gasteiger partial charge in [0.2, 0.25) is 0 Å². The first-order chi connectivity index (χ1) is 14.1. The lowest BCUT2D eigenvalue weighted by Crippen LogP contribution is -2.25. The molecule has 9 nitrogen and oxygen atoms in total. The number of hydrogen-bond acceptors (Lipinski definition) is 6. The number of carbonyl (C=O) groups is 1. The van der Waals surface area contributed by atoms with E-state index in [2.05, 4.69) is 25.4 Å². The van der Waals surface area contributed by atoms with Gasteiger partial charge in [0, 0.05) is 30.4 Å². The number of rotatable bonds is 5. The zero-order valence-electron chi connectivity index (χ0n) is 16.0. The summed E-state index contributed by atoms with van der Waals surface area (Å²) in [5, 5.41) is 6.99. The van der Waals surface area contributed by atoms with Crippen LogP contribution < -0.4 is 10.9 Å². The van der Waals surface area contributed by atoms with Crippen molar-refractivity contribution in [2.75, 3.05) is 0 Å². The highest BCUT2D eigenvalue weighted by atomic mass is 16.1. The molecule has 4 rings (SSSR count). The van der Waals surface area contributed by atoms with E-state index in [9.17, 15) is 9.59 Å². The molecule has 3 aromatic heterocycles. The largest absolute Gasteiger partial charge is 0.348 e. The van der Waals surface area contributed by atoms with Crippen LogP contribution in [-0.2, 0) is 13.1 Å². The van der Waals surface area contributed by atoms with Gasteiger partial charge < -0.3 is 9.88 Å². The maximum Gasteiger partial charge on any atom is 0.272 e. The zero-order chi connectivity index (χ0) is 20.4. The number of fused-ring (bicyclic) bond motifs is 1. The molecule has 0 spiro atoms. The van der Waals surface area contributed by atoms with Crippen molar-refractivity contribution in [3.63, 3.8) is 0 Å². The van der Waals surface area contributed by atoms with Gasteiger partial charge in [0.1, 0.15) is 18.3 Å². The van der Waals surface area contributed by atoms with Crippen LogP contribution in [0.15, 0.2) is 54.0 Å². The van der Waals surface area contributed by atoms with Gasteiger partial charge in [-0.15, -0.1) is 0 Å². The van der Waals surface area contributed by atoms with Crippen LogP contribution in [0.4, 0.5) is 0 Å². The summed E-state index contributed by atoms with van der Waals surface area (Å²) < 4.78 is 3.20. The molecule has 29 heavy (non-hydrogen) atoms. The Morgan fingerprint density at radius 1 is 1.24 bits per heavy atom. The lowest BCUT2D eigenvalue weighted by Gasteiger charge is -2.11. The van der Waals surface area contributed by atoms with Crippen molar-refractivity contribution in [2.24, 2.45) is 0 Å². The average molecular weight is 389 g/mol. The van der Waals surface area contributed by atoms with Crippen LogP contribution in [0, 0.1) is 6.92 Å². The Labute approximate surface area is 166 Å². The molecule has 1 aromatic carbocycles. The number of hydrogen-bond donors (Lipinski definition) is 1. The minimum Gasteiger partial charge on any atom is -0.348 e. The molecule has 0 fully saturated rings. The standard InChI is InChI=1S/C20H19N7O2/c1-3-26-17-7-6-14(9-16(17)25-13(2)20(26)29)19(28)23-10-15-5-4-8-22-18(15)27-12-21-11-24-27/h4-9,11-12H,3,10H2,1-2H3,(H,23,28). The summed E-state index contributed by atoms with van der Waals surface area (Å²) in [6.07, 6.45) is 4.64. The molecule has 4 aromatic rings. The second-order valence-electron chi connectivity index (χ2n) is 6.46. The predicted molar refractivity (Wildman–Crippen MR) is 107 cm³/mol. The van der Waals surface area contributed by atoms with Gasteiger partial charge in [-0.3, -0.25) is 9.59 Å². The first kappa shape index (κ1) is 18.5. The fourth-order valence-electron chi connectivity index (χ4n) is 3.20. The molecule has 0 aliphatic rings. The first-order valence-corrected chi connectivity index (χ1v) is 9.16. The molecule has 1 N–H and O–H groups in total. The van der Waals surface area contributed by atoms with E-state index in [1.54, 1.807) is 53.0 Å². The van der Waals surface area contributed by atoms with Crippen LogP contribution in [0.5, 0.6) is 0 Å². The third kappa shape index (κ3) is 3.49. The quantitative estimate of drug-likeness (QED) is 0.556. The van der Waals surface area contributed by atoms with Crippen molar-refractivity contribution in [3.8, 4) is 5.82 Å². The zero-order valence-corrected chi connectivity index (χ0v) is 16.0. The van der Waals surface area contributed by atoms with Gasteiger partial charge >= 0.3 is 0 Å². The monoisotopic (exact) mass is 389 g/mol. The lowest BCUT2D eigenvalue weighted by atomic mass is 10.1. The maximum absolute atomic E-state index is 12.7. The average Bonchev–Trinajstić information content (AvgIpc) is 3.27. The highest BCUT2D eigenvalue weighted by Crippen LogP contribution is 2.14. The van der Waals surface area contributed by atoms with Crippen molar-refractivity contribution in [3.05, 3.63) is 76.4 Å². The highest BCUT2D eigenvalue weighted by Gasteiger charge is 2.13. The van der Waals surface area contributed by atoms with E-state index in [0.29, 0.717) is 34.7 Å². The Kier molecular flexibility index (Phi) is 4.86. The molecule has 1 amide bonds. The summed E-state index contributed by atoms with van der Waals surface area (Å²) in [6.45, 7) is 4.40. The van der Waals surface area contributed by atoms with Gasteiger partial charge in [-0.25, -0.2) is 19.6 Å². The number of carbonyl (C=O) groups excluding carboxylic acids is 1. The normalized spacial score (nSPS) is 11.0. The second kappa shape index (κ2) is 7.63. The summed E-state index contributed by atoms with van der Waals surface area (Å²) in [5.41, 5.74) is 2.89. The van der Waals surface area contributed by atoms with E-state index in [1.165, 1.54) is 6.33 Å². The van der Waals surface area contributed by atoms with Crippen molar-refractivity contribution < 1.29 is 4.79 Å². The van der Waals surface area contributed by atoms with Crippen molar-refractivity contribution in [2.45, 2.75) is 26.9 Å². The van der Waals surface area contributed by atoms with E-state index < -0.39 is 0 Å². The van der Waals surface area contributed by atoms with E-state index >= 15 is 0 Å². The van der Waals surface area contributed by atoms with E-state index in [1.807, 2.05) is 13.0 Å². The fourth-order valence-corrected chi connectivity index (χ4v) is 3.20. The van der Waals surface area contributed by atoms with Gasteiger partial charge in [-0.1, -0.05) is 6.07 Å². The molecule has 3 heterocycles. The molecular formula is C20H19N7O2. The van der Waals surface area contributed by atoms with Crippen molar-refractivity contribution in [1.82, 2.24) is 34.6 Å². The van der Waals surface area contributed by atoms with Crippen LogP contribution >= 0.6 is 0 Å². The van der Waals surface area contributed by atoms with E-state index in [4.69, 9.17) is 0 Å². The summed E-state index contributed by atoms with van der Waals surface area (Å²) in [6, 6.07) is 8.82. The Bertz CT molecular complexity index is 1250. The van der Waals surface area contributed by atoms with E-state index in [-0.39, 0.29) is 18.0 Å². The lowest BCUT2D eigenvalue weighted by molar-refractivity contribution is 0.0951. The van der Waals surface area contributed by atoms with Crippen LogP contribution in [0.2, 0.25) is 0 Å². The molecule has 0 atom stereocenters. The number of benzene rings is 1. The van der Waals surface area contributed by atoms with Crippen LogP contribution in [0.1, 0.15) is 28.5 Å². The number of nitrogens with zero attached hydrogens (tertiary/aromatic N) is 6. The van der Waals surface area contributed by atoms with Gasteiger partial charge in [0.15, 0.2) is 5.82 Å².